The van der Waals surface area contributed by atoms with Gasteiger partial charge in [0.25, 0.3) is 0 Å². The van der Waals surface area contributed by atoms with E-state index >= 15 is 0 Å². The number of aliphatic hydroxyl groups excluding tert-OH is 1. The Morgan fingerprint density at radius 3 is 2.52 bits per heavy atom. The molecule has 3 nitrogen and oxygen atoms in total. The zero-order chi connectivity index (χ0) is 14.9. The standard InChI is InChI=1S/C18H27NO2/c1-14-8-10-18(2,11-9-14)19-12-16(13-20)21-17(19)15-6-4-3-5-7-15/h3-7,14,16-17,20H,8-13H2,1-2H3/t14?,16-,17+,18?/m0/s1. The van der Waals surface area contributed by atoms with E-state index in [2.05, 4.69) is 43.0 Å². The Labute approximate surface area is 127 Å². The molecule has 1 saturated carbocycles. The topological polar surface area (TPSA) is 32.7 Å². The van der Waals surface area contributed by atoms with Gasteiger partial charge in [-0.15, -0.1) is 0 Å². The van der Waals surface area contributed by atoms with E-state index in [9.17, 15) is 5.11 Å². The second-order valence-electron chi connectivity index (χ2n) is 7.04. The molecule has 0 bridgehead atoms. The summed E-state index contributed by atoms with van der Waals surface area (Å²) in [6.45, 7) is 5.66. The van der Waals surface area contributed by atoms with Gasteiger partial charge in [0.1, 0.15) is 6.23 Å². The fourth-order valence-electron chi connectivity index (χ4n) is 3.77. The molecule has 0 radical (unpaired) electrons. The highest BCUT2D eigenvalue weighted by Gasteiger charge is 2.45. The zero-order valence-electron chi connectivity index (χ0n) is 13.2. The van der Waals surface area contributed by atoms with Crippen molar-refractivity contribution in [2.24, 2.45) is 5.92 Å². The Balaban J connectivity index is 1.84. The highest BCUT2D eigenvalue weighted by atomic mass is 16.5. The number of rotatable bonds is 3. The van der Waals surface area contributed by atoms with Crippen molar-refractivity contribution in [1.29, 1.82) is 0 Å². The van der Waals surface area contributed by atoms with Crippen LogP contribution in [-0.2, 0) is 4.74 Å². The SMILES string of the molecule is CC1CCC(C)(N2C[C@@H](CO)O[C@@H]2c2ccccc2)CC1. The third-order valence-corrected chi connectivity index (χ3v) is 5.34. The first-order chi connectivity index (χ1) is 10.1. The molecule has 2 aliphatic rings. The summed E-state index contributed by atoms with van der Waals surface area (Å²) in [5.74, 6) is 0.838. The maximum absolute atomic E-state index is 9.52. The average molecular weight is 289 g/mol. The molecular formula is C18H27NO2. The van der Waals surface area contributed by atoms with Crippen LogP contribution in [0.15, 0.2) is 30.3 Å². The van der Waals surface area contributed by atoms with E-state index < -0.39 is 0 Å². The van der Waals surface area contributed by atoms with Crippen LogP contribution in [0.5, 0.6) is 0 Å². The van der Waals surface area contributed by atoms with Crippen LogP contribution in [0.1, 0.15) is 51.3 Å². The lowest BCUT2D eigenvalue weighted by molar-refractivity contribution is -0.0610. The summed E-state index contributed by atoms with van der Waals surface area (Å²) in [6.07, 6.45) is 4.95. The first kappa shape index (κ1) is 15.0. The maximum atomic E-state index is 9.52. The van der Waals surface area contributed by atoms with E-state index in [0.717, 1.165) is 12.5 Å². The third kappa shape index (κ3) is 3.01. The highest BCUT2D eigenvalue weighted by Crippen LogP contribution is 2.43. The number of benzene rings is 1. The van der Waals surface area contributed by atoms with Crippen LogP contribution in [0.2, 0.25) is 0 Å². The summed E-state index contributed by atoms with van der Waals surface area (Å²) < 4.78 is 6.13. The lowest BCUT2D eigenvalue weighted by Crippen LogP contribution is -2.48. The van der Waals surface area contributed by atoms with E-state index in [-0.39, 0.29) is 24.5 Å². The molecule has 1 aliphatic carbocycles. The molecule has 0 amide bonds. The van der Waals surface area contributed by atoms with Gasteiger partial charge in [0, 0.05) is 12.1 Å². The van der Waals surface area contributed by atoms with Crippen molar-refractivity contribution in [3.8, 4) is 0 Å². The Hall–Kier alpha value is -0.900. The van der Waals surface area contributed by atoms with Crippen molar-refractivity contribution >= 4 is 0 Å². The van der Waals surface area contributed by atoms with Crippen LogP contribution in [0.25, 0.3) is 0 Å². The van der Waals surface area contributed by atoms with Gasteiger partial charge in [-0.3, -0.25) is 4.90 Å². The molecule has 1 aromatic carbocycles. The second-order valence-corrected chi connectivity index (χ2v) is 7.04. The lowest BCUT2D eigenvalue weighted by atomic mass is 9.77. The predicted octanol–water partition coefficient (Wildman–Crippen LogP) is 3.35. The summed E-state index contributed by atoms with van der Waals surface area (Å²) >= 11 is 0. The second kappa shape index (κ2) is 6.07. The first-order valence-electron chi connectivity index (χ1n) is 8.20. The van der Waals surface area contributed by atoms with Gasteiger partial charge in [0.05, 0.1) is 12.7 Å². The largest absolute Gasteiger partial charge is 0.394 e. The summed E-state index contributed by atoms with van der Waals surface area (Å²) in [5, 5.41) is 9.52. The van der Waals surface area contributed by atoms with E-state index in [1.54, 1.807) is 0 Å². The molecule has 1 saturated heterocycles. The van der Waals surface area contributed by atoms with Crippen LogP contribution >= 0.6 is 0 Å². The Kier molecular flexibility index (Phi) is 4.34. The summed E-state index contributed by atoms with van der Waals surface area (Å²) in [6, 6.07) is 10.4. The molecule has 1 aliphatic heterocycles. The Morgan fingerprint density at radius 1 is 1.24 bits per heavy atom. The average Bonchev–Trinajstić information content (AvgIpc) is 2.96. The molecule has 3 heteroatoms. The molecule has 0 aromatic heterocycles. The number of nitrogens with zero attached hydrogens (tertiary/aromatic N) is 1. The summed E-state index contributed by atoms with van der Waals surface area (Å²) in [7, 11) is 0. The summed E-state index contributed by atoms with van der Waals surface area (Å²) in [4.78, 5) is 2.50. The zero-order valence-corrected chi connectivity index (χ0v) is 13.2. The van der Waals surface area contributed by atoms with Crippen molar-refractivity contribution < 1.29 is 9.84 Å². The molecular weight excluding hydrogens is 262 g/mol. The van der Waals surface area contributed by atoms with Crippen LogP contribution in [0.3, 0.4) is 0 Å². The van der Waals surface area contributed by atoms with Gasteiger partial charge in [-0.2, -0.15) is 0 Å². The van der Waals surface area contributed by atoms with Gasteiger partial charge in [-0.1, -0.05) is 37.3 Å². The van der Waals surface area contributed by atoms with Gasteiger partial charge in [-0.05, 0) is 44.1 Å². The van der Waals surface area contributed by atoms with Crippen molar-refractivity contribution in [1.82, 2.24) is 4.90 Å². The van der Waals surface area contributed by atoms with Crippen LogP contribution in [0.4, 0.5) is 0 Å². The highest BCUT2D eigenvalue weighted by molar-refractivity contribution is 5.19. The minimum Gasteiger partial charge on any atom is -0.394 e. The molecule has 21 heavy (non-hydrogen) atoms. The number of hydrogen-bond acceptors (Lipinski definition) is 3. The van der Waals surface area contributed by atoms with E-state index in [4.69, 9.17) is 4.74 Å². The van der Waals surface area contributed by atoms with E-state index in [1.165, 1.54) is 31.2 Å². The Morgan fingerprint density at radius 2 is 1.90 bits per heavy atom. The molecule has 0 unspecified atom stereocenters. The van der Waals surface area contributed by atoms with Gasteiger partial charge in [0.15, 0.2) is 0 Å². The fourth-order valence-corrected chi connectivity index (χ4v) is 3.77. The fraction of sp³-hybridized carbons (Fsp3) is 0.667. The van der Waals surface area contributed by atoms with Crippen LogP contribution in [-0.4, -0.2) is 34.8 Å². The molecule has 1 N–H and O–H groups in total. The summed E-state index contributed by atoms with van der Waals surface area (Å²) in [5.41, 5.74) is 1.39. The molecule has 0 spiro atoms. The Bertz CT molecular complexity index is 454. The van der Waals surface area contributed by atoms with Gasteiger partial charge < -0.3 is 9.84 Å². The molecule has 116 valence electrons. The molecule has 1 aromatic rings. The van der Waals surface area contributed by atoms with Gasteiger partial charge >= 0.3 is 0 Å². The normalized spacial score (nSPS) is 37.8. The van der Waals surface area contributed by atoms with Gasteiger partial charge in [-0.25, -0.2) is 0 Å². The van der Waals surface area contributed by atoms with Crippen molar-refractivity contribution in [3.05, 3.63) is 35.9 Å². The molecule has 3 rings (SSSR count). The first-order valence-corrected chi connectivity index (χ1v) is 8.20. The minimum absolute atomic E-state index is 0.0123. The number of ether oxygens (including phenoxy) is 1. The minimum atomic E-state index is -0.0635. The van der Waals surface area contributed by atoms with Crippen molar-refractivity contribution in [2.45, 2.75) is 57.4 Å². The maximum Gasteiger partial charge on any atom is 0.137 e. The smallest absolute Gasteiger partial charge is 0.137 e. The van der Waals surface area contributed by atoms with Crippen molar-refractivity contribution in [2.75, 3.05) is 13.2 Å². The molecule has 2 fully saturated rings. The molecule has 2 atom stereocenters. The van der Waals surface area contributed by atoms with E-state index in [0.29, 0.717) is 0 Å². The van der Waals surface area contributed by atoms with Crippen LogP contribution < -0.4 is 0 Å². The van der Waals surface area contributed by atoms with E-state index in [1.807, 2.05) is 6.07 Å². The predicted molar refractivity (Wildman–Crippen MR) is 83.9 cm³/mol. The molecule has 1 heterocycles. The lowest BCUT2D eigenvalue weighted by Gasteiger charge is -2.45. The van der Waals surface area contributed by atoms with Crippen LogP contribution in [0, 0.1) is 5.92 Å². The van der Waals surface area contributed by atoms with Gasteiger partial charge in [0.2, 0.25) is 0 Å². The monoisotopic (exact) mass is 289 g/mol. The number of aliphatic hydroxyl groups is 1. The number of hydrogen-bond donors (Lipinski definition) is 1. The third-order valence-electron chi connectivity index (χ3n) is 5.34. The quantitative estimate of drug-likeness (QED) is 0.926. The van der Waals surface area contributed by atoms with Crippen molar-refractivity contribution in [3.63, 3.8) is 0 Å².